The van der Waals surface area contributed by atoms with Gasteiger partial charge in [0, 0.05) is 56.9 Å². The molecule has 0 aromatic heterocycles. The zero-order chi connectivity index (χ0) is 37.9. The van der Waals surface area contributed by atoms with Gasteiger partial charge in [-0.05, 0) is 87.7 Å². The topological polar surface area (TPSA) is 138 Å². The number of ether oxygens (including phenoxy) is 2. The number of hydrogen-bond donors (Lipinski definition) is 2. The number of carbonyl (C=O) groups excluding carboxylic acids is 4. The molecule has 12 nitrogen and oxygen atoms in total. The highest BCUT2D eigenvalue weighted by Gasteiger charge is 2.41. The first-order chi connectivity index (χ1) is 25.3. The van der Waals surface area contributed by atoms with Gasteiger partial charge in [0.25, 0.3) is 5.91 Å². The Morgan fingerprint density at radius 1 is 0.962 bits per heavy atom. The van der Waals surface area contributed by atoms with E-state index in [0.29, 0.717) is 64.8 Å². The first kappa shape index (κ1) is 38.5. The Balaban J connectivity index is 1.13. The summed E-state index contributed by atoms with van der Waals surface area (Å²) in [5, 5.41) is 2.65. The molecule has 3 saturated heterocycles. The number of urea groups is 1. The standard InChI is InChI=1S/C37H46ClF3N6O6/c1-2-52-34(49)30-8-5-14-46(30)25-10-15-44(16-11-25)33(48)31(22-23-20-27(37(39,40)41)32(42)28(38)21-23)53-36(51)45-17-12-26(13-18-45)47-19-9-24-6-3-4-7-29(24)43-35(47)50/h3-4,6-7,20-21,25-26,30-31H,2,5,8-19,22,42H2,1H3,(H,43,50). The number of fused-ring (bicyclic) bond motifs is 1. The molecule has 0 saturated carbocycles. The van der Waals surface area contributed by atoms with Crippen LogP contribution in [0.5, 0.6) is 0 Å². The van der Waals surface area contributed by atoms with E-state index in [4.69, 9.17) is 26.8 Å². The molecular formula is C37H46ClF3N6O6. The number of anilines is 2. The summed E-state index contributed by atoms with van der Waals surface area (Å²) in [4.78, 5) is 60.3. The maximum absolute atomic E-state index is 14.1. The lowest BCUT2D eigenvalue weighted by molar-refractivity contribution is -0.150. The van der Waals surface area contributed by atoms with Crippen molar-refractivity contribution < 1.29 is 41.8 Å². The van der Waals surface area contributed by atoms with Crippen molar-refractivity contribution in [1.82, 2.24) is 19.6 Å². The van der Waals surface area contributed by atoms with Crippen molar-refractivity contribution in [3.8, 4) is 0 Å². The summed E-state index contributed by atoms with van der Waals surface area (Å²) in [6.45, 7) is 4.48. The van der Waals surface area contributed by atoms with Gasteiger partial charge in [-0.3, -0.25) is 14.5 Å². The van der Waals surface area contributed by atoms with E-state index in [0.717, 1.165) is 30.3 Å². The first-order valence-corrected chi connectivity index (χ1v) is 18.7. The lowest BCUT2D eigenvalue weighted by Gasteiger charge is -2.40. The Bertz CT molecular complexity index is 1680. The van der Waals surface area contributed by atoms with Crippen LogP contribution in [0.3, 0.4) is 0 Å². The van der Waals surface area contributed by atoms with Gasteiger partial charge in [-0.2, -0.15) is 13.2 Å². The summed E-state index contributed by atoms with van der Waals surface area (Å²) in [6.07, 6.45) is -3.00. The van der Waals surface area contributed by atoms with Crippen LogP contribution in [0.4, 0.5) is 34.1 Å². The molecule has 4 aliphatic heterocycles. The maximum Gasteiger partial charge on any atom is 0.418 e. The van der Waals surface area contributed by atoms with Gasteiger partial charge < -0.3 is 35.2 Å². The molecule has 0 spiro atoms. The number of para-hydroxylation sites is 1. The Hall–Kier alpha value is -4.24. The second-order valence-corrected chi connectivity index (χ2v) is 14.5. The fraction of sp³-hybridized carbons (Fsp3) is 0.568. The van der Waals surface area contributed by atoms with Gasteiger partial charge in [-0.15, -0.1) is 0 Å². The summed E-state index contributed by atoms with van der Waals surface area (Å²) in [5.74, 6) is -0.780. The number of esters is 1. The van der Waals surface area contributed by atoms with Crippen LogP contribution < -0.4 is 11.1 Å². The predicted octanol–water partition coefficient (Wildman–Crippen LogP) is 5.56. The fourth-order valence-electron chi connectivity index (χ4n) is 8.05. The molecule has 53 heavy (non-hydrogen) atoms. The molecule has 4 amide bonds. The van der Waals surface area contributed by atoms with Crippen LogP contribution in [0.15, 0.2) is 36.4 Å². The van der Waals surface area contributed by atoms with Crippen LogP contribution in [-0.4, -0.2) is 114 Å². The van der Waals surface area contributed by atoms with Crippen molar-refractivity contribution in [1.29, 1.82) is 0 Å². The largest absolute Gasteiger partial charge is 0.465 e. The molecule has 0 bridgehead atoms. The van der Waals surface area contributed by atoms with E-state index in [9.17, 15) is 32.3 Å². The smallest absolute Gasteiger partial charge is 0.418 e. The lowest BCUT2D eigenvalue weighted by atomic mass is 9.99. The number of piperidine rings is 2. The van der Waals surface area contributed by atoms with Crippen LogP contribution in [0, 0.1) is 0 Å². The summed E-state index contributed by atoms with van der Waals surface area (Å²) in [6, 6.07) is 9.13. The lowest BCUT2D eigenvalue weighted by Crippen LogP contribution is -2.53. The highest BCUT2D eigenvalue weighted by atomic mass is 35.5. The second kappa shape index (κ2) is 16.4. The van der Waals surface area contributed by atoms with E-state index in [1.165, 1.54) is 11.0 Å². The number of rotatable bonds is 8. The van der Waals surface area contributed by atoms with Gasteiger partial charge in [-0.1, -0.05) is 29.8 Å². The van der Waals surface area contributed by atoms with E-state index in [1.807, 2.05) is 24.3 Å². The fourth-order valence-corrected chi connectivity index (χ4v) is 8.30. The van der Waals surface area contributed by atoms with Crippen LogP contribution in [0.25, 0.3) is 0 Å². The number of alkyl halides is 3. The minimum absolute atomic E-state index is 0.0405. The quantitative estimate of drug-likeness (QED) is 0.264. The zero-order valence-corrected chi connectivity index (χ0v) is 30.5. The van der Waals surface area contributed by atoms with Crippen molar-refractivity contribution in [2.45, 2.75) is 88.7 Å². The van der Waals surface area contributed by atoms with Gasteiger partial charge in [0.15, 0.2) is 6.10 Å². The second-order valence-electron chi connectivity index (χ2n) is 14.1. The normalized spacial score (nSPS) is 21.1. The van der Waals surface area contributed by atoms with E-state index in [-0.39, 0.29) is 60.2 Å². The van der Waals surface area contributed by atoms with E-state index in [1.54, 1.807) is 16.7 Å². The molecule has 0 radical (unpaired) electrons. The minimum Gasteiger partial charge on any atom is -0.465 e. The summed E-state index contributed by atoms with van der Waals surface area (Å²) in [5.41, 5.74) is 5.76. The van der Waals surface area contributed by atoms with Crippen molar-refractivity contribution in [2.75, 3.05) is 56.9 Å². The third-order valence-corrected chi connectivity index (χ3v) is 11.2. The zero-order valence-electron chi connectivity index (χ0n) is 29.7. The predicted molar refractivity (Wildman–Crippen MR) is 191 cm³/mol. The summed E-state index contributed by atoms with van der Waals surface area (Å²) in [7, 11) is 0. The number of carbonyl (C=O) groups is 4. The number of likely N-dealkylation sites (tertiary alicyclic amines) is 3. The number of amides is 4. The summed E-state index contributed by atoms with van der Waals surface area (Å²) < 4.78 is 52.7. The number of nitrogens with one attached hydrogen (secondary N) is 1. The van der Waals surface area contributed by atoms with E-state index in [2.05, 4.69) is 10.2 Å². The van der Waals surface area contributed by atoms with Gasteiger partial charge >= 0.3 is 24.3 Å². The number of nitrogens with zero attached hydrogens (tertiary/aromatic N) is 4. The highest BCUT2D eigenvalue weighted by Crippen LogP contribution is 2.38. The molecule has 4 heterocycles. The molecule has 2 aromatic carbocycles. The highest BCUT2D eigenvalue weighted by molar-refractivity contribution is 6.33. The van der Waals surface area contributed by atoms with Crippen LogP contribution in [0.1, 0.15) is 62.1 Å². The Morgan fingerprint density at radius 2 is 1.64 bits per heavy atom. The van der Waals surface area contributed by atoms with Gasteiger partial charge in [0.2, 0.25) is 0 Å². The molecule has 4 aliphatic rings. The van der Waals surface area contributed by atoms with Gasteiger partial charge in [-0.25, -0.2) is 9.59 Å². The third-order valence-electron chi connectivity index (χ3n) is 10.8. The molecule has 2 unspecified atom stereocenters. The molecule has 3 N–H and O–H groups in total. The summed E-state index contributed by atoms with van der Waals surface area (Å²) >= 11 is 6.11. The Labute approximate surface area is 311 Å². The molecule has 288 valence electrons. The molecule has 0 aliphatic carbocycles. The van der Waals surface area contributed by atoms with Crippen molar-refractivity contribution >= 4 is 47.0 Å². The number of nitrogens with two attached hydrogens (primary N) is 1. The molecular weight excluding hydrogens is 717 g/mol. The van der Waals surface area contributed by atoms with Crippen LogP contribution in [0.2, 0.25) is 5.02 Å². The minimum atomic E-state index is -4.80. The monoisotopic (exact) mass is 762 g/mol. The van der Waals surface area contributed by atoms with Crippen molar-refractivity contribution in [3.63, 3.8) is 0 Å². The SMILES string of the molecule is CCOC(=O)C1CCCN1C1CCN(C(=O)C(Cc2cc(Cl)c(N)c(C(F)(F)F)c2)OC(=O)N2CCC(N3CCc4ccccc4NC3=O)CC2)CC1. The number of nitrogen functional groups attached to an aromatic ring is 1. The number of benzene rings is 2. The first-order valence-electron chi connectivity index (χ1n) is 18.3. The third kappa shape index (κ3) is 8.77. The maximum atomic E-state index is 14.1. The number of halogens is 4. The van der Waals surface area contributed by atoms with Crippen molar-refractivity contribution in [2.24, 2.45) is 0 Å². The van der Waals surface area contributed by atoms with Crippen molar-refractivity contribution in [3.05, 3.63) is 58.1 Å². The molecule has 2 atom stereocenters. The van der Waals surface area contributed by atoms with E-state index >= 15 is 0 Å². The molecule has 2 aromatic rings. The average Bonchev–Trinajstić information content (AvgIpc) is 3.57. The van der Waals surface area contributed by atoms with Gasteiger partial charge in [0.05, 0.1) is 22.9 Å². The van der Waals surface area contributed by atoms with Gasteiger partial charge in [0.1, 0.15) is 6.04 Å². The van der Waals surface area contributed by atoms with Crippen LogP contribution in [-0.2, 0) is 38.1 Å². The average molecular weight is 763 g/mol. The molecule has 3 fully saturated rings. The molecule has 6 rings (SSSR count). The Kier molecular flexibility index (Phi) is 11.9. The Morgan fingerprint density at radius 3 is 2.34 bits per heavy atom. The van der Waals surface area contributed by atoms with E-state index < -0.39 is 35.5 Å². The molecule has 16 heteroatoms. The number of hydrogen-bond acceptors (Lipinski definition) is 8. The van der Waals surface area contributed by atoms with Crippen LogP contribution >= 0.6 is 11.6 Å².